The molecule has 0 saturated heterocycles. The summed E-state index contributed by atoms with van der Waals surface area (Å²) in [6, 6.07) is 10.6. The second-order valence-electron chi connectivity index (χ2n) is 7.66. The molecule has 0 radical (unpaired) electrons. The van der Waals surface area contributed by atoms with E-state index >= 15 is 0 Å². The van der Waals surface area contributed by atoms with Crippen molar-refractivity contribution in [3.8, 4) is 0 Å². The number of rotatable bonds is 5. The lowest BCUT2D eigenvalue weighted by Gasteiger charge is -2.38. The van der Waals surface area contributed by atoms with Crippen molar-refractivity contribution in [1.82, 2.24) is 5.32 Å². The van der Waals surface area contributed by atoms with E-state index in [4.69, 9.17) is 11.5 Å². The average molecular weight is 462 g/mol. The molecule has 6 N–H and O–H groups in total. The molecule has 0 bridgehead atoms. The van der Waals surface area contributed by atoms with Crippen molar-refractivity contribution < 1.29 is 17.1 Å². The van der Waals surface area contributed by atoms with Crippen molar-refractivity contribution in [2.75, 3.05) is 10.2 Å². The molecule has 3 rings (SSSR count). The minimum absolute atomic E-state index is 0.111. The van der Waals surface area contributed by atoms with Crippen LogP contribution in [0, 0.1) is 6.92 Å². The van der Waals surface area contributed by atoms with Gasteiger partial charge in [-0.2, -0.15) is 13.4 Å². The highest BCUT2D eigenvalue weighted by Crippen LogP contribution is 2.27. The number of guanidine groups is 2. The van der Waals surface area contributed by atoms with E-state index in [1.165, 1.54) is 19.1 Å². The summed E-state index contributed by atoms with van der Waals surface area (Å²) < 4.78 is 35.7. The summed E-state index contributed by atoms with van der Waals surface area (Å²) in [5.74, 6) is 0.334. The number of benzene rings is 2. The van der Waals surface area contributed by atoms with Crippen molar-refractivity contribution in [1.29, 1.82) is 0 Å². The fourth-order valence-corrected chi connectivity index (χ4v) is 4.03. The van der Waals surface area contributed by atoms with Crippen LogP contribution in [0.3, 0.4) is 0 Å². The molecule has 0 saturated carbocycles. The Morgan fingerprint density at radius 2 is 1.81 bits per heavy atom. The molecule has 12 heteroatoms. The number of aryl methyl sites for hydroxylation is 1. The van der Waals surface area contributed by atoms with Gasteiger partial charge in [0.1, 0.15) is 10.6 Å². The van der Waals surface area contributed by atoms with Gasteiger partial charge in [0.2, 0.25) is 11.9 Å². The van der Waals surface area contributed by atoms with Crippen LogP contribution in [-0.2, 0) is 16.8 Å². The van der Waals surface area contributed by atoms with E-state index in [2.05, 4.69) is 20.6 Å². The zero-order valence-electron chi connectivity index (χ0n) is 17.8. The van der Waals surface area contributed by atoms with Gasteiger partial charge in [-0.1, -0.05) is 18.2 Å². The van der Waals surface area contributed by atoms with Crippen LogP contribution in [0.2, 0.25) is 0 Å². The Labute approximate surface area is 185 Å². The van der Waals surface area contributed by atoms with Gasteiger partial charge in [-0.3, -0.25) is 4.90 Å². The van der Waals surface area contributed by atoms with E-state index in [9.17, 15) is 17.1 Å². The fraction of sp³-hybridized carbons (Fsp3) is 0.250. The van der Waals surface area contributed by atoms with Crippen LogP contribution in [0.15, 0.2) is 57.3 Å². The van der Waals surface area contributed by atoms with E-state index in [-0.39, 0.29) is 29.7 Å². The van der Waals surface area contributed by atoms with Crippen LogP contribution >= 0.6 is 0 Å². The smallest absolute Gasteiger partial charge is 0.332 e. The van der Waals surface area contributed by atoms with Gasteiger partial charge < -0.3 is 22.1 Å². The molecule has 0 unspecified atom stereocenters. The molecule has 1 aliphatic heterocycles. The highest BCUT2D eigenvalue weighted by atomic mass is 32.3. The van der Waals surface area contributed by atoms with Gasteiger partial charge in [0.15, 0.2) is 0 Å². The number of hydrogen-bond acceptors (Lipinski definition) is 8. The van der Waals surface area contributed by atoms with Gasteiger partial charge in [-0.05, 0) is 56.2 Å². The van der Waals surface area contributed by atoms with Crippen molar-refractivity contribution >= 4 is 39.5 Å². The normalized spacial score (nSPS) is 15.6. The zero-order chi connectivity index (χ0) is 23.7. The van der Waals surface area contributed by atoms with Gasteiger partial charge in [-0.25, -0.2) is 9.79 Å². The highest BCUT2D eigenvalue weighted by molar-refractivity contribution is 7.86. The van der Waals surface area contributed by atoms with Gasteiger partial charge in [0.25, 0.3) is 0 Å². The molecule has 0 spiro atoms. The number of nitrogens with two attached hydrogens (primary N) is 2. The zero-order valence-corrected chi connectivity index (χ0v) is 18.6. The first-order valence-electron chi connectivity index (χ1n) is 9.55. The quantitative estimate of drug-likeness (QED) is 0.500. The molecule has 1 aliphatic rings. The first-order chi connectivity index (χ1) is 14.9. The first kappa shape index (κ1) is 23.0. The lowest BCUT2D eigenvalue weighted by Crippen LogP contribution is -2.54. The second-order valence-corrected chi connectivity index (χ2v) is 8.98. The average Bonchev–Trinajstić information content (AvgIpc) is 2.66. The van der Waals surface area contributed by atoms with Gasteiger partial charge in [-0.15, -0.1) is 3.89 Å². The second kappa shape index (κ2) is 8.46. The molecule has 10 nitrogen and oxygen atoms in total. The van der Waals surface area contributed by atoms with E-state index in [0.29, 0.717) is 0 Å². The van der Waals surface area contributed by atoms with Crippen LogP contribution in [0.5, 0.6) is 0 Å². The number of nitrogens with zero attached hydrogens (tertiary/aromatic N) is 3. The van der Waals surface area contributed by atoms with Gasteiger partial charge >= 0.3 is 16.3 Å². The molecule has 170 valence electrons. The number of amides is 2. The van der Waals surface area contributed by atoms with Crippen LogP contribution in [0.1, 0.15) is 25.0 Å². The maximum Gasteiger partial charge on any atom is 0.332 e. The summed E-state index contributed by atoms with van der Waals surface area (Å²) in [5.41, 5.74) is 12.9. The number of anilines is 2. The molecule has 1 heterocycles. The third-order valence-electron chi connectivity index (χ3n) is 4.75. The molecule has 2 aromatic rings. The molecular formula is C20H24FN7O3S. The number of hydrogen-bond donors (Lipinski definition) is 4. The lowest BCUT2D eigenvalue weighted by atomic mass is 10.1. The largest absolute Gasteiger partial charge is 0.369 e. The lowest BCUT2D eigenvalue weighted by molar-refractivity contribution is 0.251. The predicted octanol–water partition coefficient (Wildman–Crippen LogP) is 2.16. The molecule has 32 heavy (non-hydrogen) atoms. The third-order valence-corrected chi connectivity index (χ3v) is 5.72. The molecule has 0 aliphatic carbocycles. The number of urea groups is 1. The Balaban J connectivity index is 1.64. The number of halogens is 1. The van der Waals surface area contributed by atoms with Crippen molar-refractivity contribution in [2.45, 2.75) is 37.9 Å². The van der Waals surface area contributed by atoms with Crippen LogP contribution in [0.25, 0.3) is 0 Å². The molecule has 0 fully saturated rings. The minimum atomic E-state index is -4.88. The topological polar surface area (TPSA) is 155 Å². The Hall–Kier alpha value is -3.67. The third kappa shape index (κ3) is 5.14. The van der Waals surface area contributed by atoms with Crippen LogP contribution in [0.4, 0.5) is 20.1 Å². The maximum absolute atomic E-state index is 13.3. The summed E-state index contributed by atoms with van der Waals surface area (Å²) in [5, 5.41) is 5.14. The SMILES string of the molecule is Cc1ccc(NC(=O)NCc2ccc(N3C(N)=NC(N)=NC3(C)C)cc2)cc1S(=O)(=O)F. The highest BCUT2D eigenvalue weighted by Gasteiger charge is 2.32. The van der Waals surface area contributed by atoms with E-state index in [1.807, 2.05) is 26.0 Å². The minimum Gasteiger partial charge on any atom is -0.369 e. The summed E-state index contributed by atoms with van der Waals surface area (Å²) in [6.07, 6.45) is 0. The number of aliphatic imine (C=N–C) groups is 2. The monoisotopic (exact) mass is 461 g/mol. The maximum atomic E-state index is 13.3. The number of nitrogens with one attached hydrogen (secondary N) is 2. The Morgan fingerprint density at radius 3 is 2.41 bits per heavy atom. The van der Waals surface area contributed by atoms with Gasteiger partial charge in [0.05, 0.1) is 0 Å². The van der Waals surface area contributed by atoms with Crippen LogP contribution < -0.4 is 27.0 Å². The molecule has 0 atom stereocenters. The molecule has 2 amide bonds. The van der Waals surface area contributed by atoms with Crippen molar-refractivity contribution in [3.05, 3.63) is 53.6 Å². The van der Waals surface area contributed by atoms with Crippen LogP contribution in [-0.4, -0.2) is 32.0 Å². The molecule has 0 aromatic heterocycles. The Kier molecular flexibility index (Phi) is 6.08. The van der Waals surface area contributed by atoms with Gasteiger partial charge in [0, 0.05) is 17.9 Å². The molecular weight excluding hydrogens is 437 g/mol. The van der Waals surface area contributed by atoms with E-state index in [1.54, 1.807) is 17.0 Å². The Morgan fingerprint density at radius 1 is 1.16 bits per heavy atom. The van der Waals surface area contributed by atoms with E-state index < -0.39 is 26.8 Å². The fourth-order valence-electron chi connectivity index (χ4n) is 3.31. The number of carbonyl (C=O) groups is 1. The van der Waals surface area contributed by atoms with Crippen molar-refractivity contribution in [2.24, 2.45) is 21.5 Å². The predicted molar refractivity (Wildman–Crippen MR) is 122 cm³/mol. The summed E-state index contributed by atoms with van der Waals surface area (Å²) >= 11 is 0. The molecule has 2 aromatic carbocycles. The first-order valence-corrected chi connectivity index (χ1v) is 10.9. The standard InChI is InChI=1S/C20H24FN7O3S/c1-12-4-7-14(10-16(12)32(21,30)31)25-19(29)24-11-13-5-8-15(9-6-13)28-18(23)26-17(22)27-20(28,2)3/h4-10H,11H2,1-3H3,(H2,24,25,29)(H4,22,23,26,27). The summed E-state index contributed by atoms with van der Waals surface area (Å²) in [4.78, 5) is 21.7. The summed E-state index contributed by atoms with van der Waals surface area (Å²) in [7, 11) is -4.88. The van der Waals surface area contributed by atoms with E-state index in [0.717, 1.165) is 17.3 Å². The van der Waals surface area contributed by atoms with Crippen molar-refractivity contribution in [3.63, 3.8) is 0 Å². The number of carbonyl (C=O) groups excluding carboxylic acids is 1. The summed E-state index contributed by atoms with van der Waals surface area (Å²) in [6.45, 7) is 5.37. The Bertz CT molecular complexity index is 1210.